The Morgan fingerprint density at radius 2 is 2.02 bits per heavy atom. The molecule has 0 fully saturated rings. The van der Waals surface area contributed by atoms with Gasteiger partial charge in [-0.15, -0.1) is 0 Å². The van der Waals surface area contributed by atoms with Crippen LogP contribution in [0.25, 0.3) is 28.2 Å². The van der Waals surface area contributed by atoms with Crippen LogP contribution in [0.4, 0.5) is 10.1 Å². The molecule has 0 saturated carbocycles. The van der Waals surface area contributed by atoms with Crippen molar-refractivity contribution in [3.05, 3.63) is 83.4 Å². The van der Waals surface area contributed by atoms with Gasteiger partial charge in [0.15, 0.2) is 5.82 Å². The van der Waals surface area contributed by atoms with Crippen LogP contribution in [0.2, 0.25) is 0 Å². The molecule has 0 saturated heterocycles. The summed E-state index contributed by atoms with van der Waals surface area (Å²) < 4.78 is 33.4. The van der Waals surface area contributed by atoms with Gasteiger partial charge in [0.05, 0.1) is 41.4 Å². The monoisotopic (exact) mass is 538 g/mol. The van der Waals surface area contributed by atoms with Crippen LogP contribution in [0.1, 0.15) is 35.1 Å². The second-order valence-corrected chi connectivity index (χ2v) is 9.95. The van der Waals surface area contributed by atoms with Crippen molar-refractivity contribution in [3.8, 4) is 28.7 Å². The van der Waals surface area contributed by atoms with Crippen molar-refractivity contribution in [1.82, 2.24) is 14.7 Å². The predicted molar refractivity (Wildman–Crippen MR) is 145 cm³/mol. The normalized spacial score (nSPS) is 17.6. The van der Waals surface area contributed by atoms with Crippen molar-refractivity contribution in [1.29, 1.82) is 0 Å². The number of hydrogen-bond acceptors (Lipinski definition) is 7. The Morgan fingerprint density at radius 3 is 2.85 bits per heavy atom. The van der Waals surface area contributed by atoms with E-state index in [4.69, 9.17) is 24.1 Å². The number of aromatic nitrogens is 3. The molecule has 9 nitrogen and oxygen atoms in total. The largest absolute Gasteiger partial charge is 0.493 e. The Labute approximate surface area is 227 Å². The lowest BCUT2D eigenvalue weighted by Gasteiger charge is -2.12. The third kappa shape index (κ3) is 4.08. The zero-order valence-electron chi connectivity index (χ0n) is 21.4. The highest BCUT2D eigenvalue weighted by atomic mass is 19.1. The smallest absolute Gasteiger partial charge is 0.304 e. The van der Waals surface area contributed by atoms with Gasteiger partial charge >= 0.3 is 5.97 Å². The minimum absolute atomic E-state index is 0.0327. The molecule has 2 aromatic heterocycles. The van der Waals surface area contributed by atoms with E-state index in [9.17, 15) is 9.18 Å². The number of ether oxygens (including phenoxy) is 2. The van der Waals surface area contributed by atoms with Crippen LogP contribution in [0.15, 0.2) is 70.2 Å². The van der Waals surface area contributed by atoms with E-state index >= 15 is 0 Å². The molecule has 2 unspecified atom stereocenters. The molecule has 4 heterocycles. The predicted octanol–water partition coefficient (Wildman–Crippen LogP) is 5.96. The molecule has 3 aromatic carbocycles. The van der Waals surface area contributed by atoms with Crippen LogP contribution in [-0.4, -0.2) is 45.2 Å². The Morgan fingerprint density at radius 1 is 1.12 bits per heavy atom. The Kier molecular flexibility index (Phi) is 5.62. The van der Waals surface area contributed by atoms with Crippen molar-refractivity contribution in [2.45, 2.75) is 25.2 Å². The van der Waals surface area contributed by atoms with Gasteiger partial charge in [0, 0.05) is 41.5 Å². The summed E-state index contributed by atoms with van der Waals surface area (Å²) in [4.78, 5) is 20.5. The second kappa shape index (κ2) is 9.33. The number of benzene rings is 3. The number of fused-ring (bicyclic) bond motifs is 3. The molecule has 10 heteroatoms. The fourth-order valence-corrected chi connectivity index (χ4v) is 5.39. The van der Waals surface area contributed by atoms with Gasteiger partial charge in [0.1, 0.15) is 35.4 Å². The summed E-state index contributed by atoms with van der Waals surface area (Å²) in [5, 5.41) is 13.3. The molecule has 2 aliphatic rings. The van der Waals surface area contributed by atoms with Gasteiger partial charge in [-0.05, 0) is 31.2 Å². The van der Waals surface area contributed by atoms with Gasteiger partial charge < -0.3 is 19.1 Å². The SMILES string of the molecule is Cc1cc(-c2nc3ccc(F)cc3n2-c2cccc3c2OCC3C=Nc2ccc3c(c2)OCC3CC(=O)O)no1. The van der Waals surface area contributed by atoms with E-state index in [0.29, 0.717) is 64.4 Å². The number of nitrogens with zero attached hydrogens (tertiary/aromatic N) is 4. The number of halogens is 1. The quantitative estimate of drug-likeness (QED) is 0.266. The molecule has 200 valence electrons. The number of imidazole rings is 1. The van der Waals surface area contributed by atoms with E-state index in [1.165, 1.54) is 12.1 Å². The summed E-state index contributed by atoms with van der Waals surface area (Å²) in [5.41, 5.74) is 5.00. The number of carboxylic acid groups (broad SMARTS) is 1. The van der Waals surface area contributed by atoms with Gasteiger partial charge in [0.25, 0.3) is 0 Å². The summed E-state index contributed by atoms with van der Waals surface area (Å²) in [6, 6.07) is 17.7. The molecular weight excluding hydrogens is 515 g/mol. The first-order valence-corrected chi connectivity index (χ1v) is 12.8. The van der Waals surface area contributed by atoms with E-state index < -0.39 is 5.97 Å². The summed E-state index contributed by atoms with van der Waals surface area (Å²) >= 11 is 0. The minimum atomic E-state index is -0.847. The van der Waals surface area contributed by atoms with Gasteiger partial charge in [-0.3, -0.25) is 14.4 Å². The molecule has 0 bridgehead atoms. The first-order chi connectivity index (χ1) is 19.4. The van der Waals surface area contributed by atoms with E-state index in [1.54, 1.807) is 19.1 Å². The lowest BCUT2D eigenvalue weighted by Crippen LogP contribution is -2.07. The van der Waals surface area contributed by atoms with Crippen molar-refractivity contribution in [2.75, 3.05) is 13.2 Å². The van der Waals surface area contributed by atoms with Crippen molar-refractivity contribution < 1.29 is 28.3 Å². The standard InChI is InChI=1S/C30H23FN4O5/c1-16-9-24(34-40-16)30-33-23-8-5-19(31)11-26(23)35(30)25-4-2-3-22-18(15-39-29(22)25)13-32-20-6-7-21-17(10-28(36)37)14-38-27(21)12-20/h2-9,11-13,17-18H,10,14-15H2,1H3,(H,36,37). The molecule has 40 heavy (non-hydrogen) atoms. The molecule has 0 aliphatic carbocycles. The summed E-state index contributed by atoms with van der Waals surface area (Å²) in [6.07, 6.45) is 1.87. The lowest BCUT2D eigenvalue weighted by atomic mass is 9.98. The average Bonchev–Trinajstić information content (AvgIpc) is 3.72. The fraction of sp³-hybridized carbons (Fsp3) is 0.200. The molecule has 5 aromatic rings. The topological polar surface area (TPSA) is 112 Å². The number of rotatable bonds is 6. The van der Waals surface area contributed by atoms with Gasteiger partial charge in [0.2, 0.25) is 0 Å². The minimum Gasteiger partial charge on any atom is -0.493 e. The third-order valence-electron chi connectivity index (χ3n) is 7.25. The van der Waals surface area contributed by atoms with E-state index in [2.05, 4.69) is 10.1 Å². The van der Waals surface area contributed by atoms with Gasteiger partial charge in [-0.2, -0.15) is 0 Å². The van der Waals surface area contributed by atoms with Crippen molar-refractivity contribution in [3.63, 3.8) is 0 Å². The van der Waals surface area contributed by atoms with Crippen LogP contribution in [-0.2, 0) is 4.79 Å². The highest BCUT2D eigenvalue weighted by Gasteiger charge is 2.29. The lowest BCUT2D eigenvalue weighted by molar-refractivity contribution is -0.137. The number of aryl methyl sites for hydroxylation is 1. The molecule has 7 rings (SSSR count). The third-order valence-corrected chi connectivity index (χ3v) is 7.25. The number of hydrogen-bond donors (Lipinski definition) is 1. The maximum absolute atomic E-state index is 14.3. The maximum Gasteiger partial charge on any atom is 0.304 e. The molecular formula is C30H23FN4O5. The van der Waals surface area contributed by atoms with Crippen LogP contribution in [0.3, 0.4) is 0 Å². The maximum atomic E-state index is 14.3. The van der Waals surface area contributed by atoms with Crippen LogP contribution < -0.4 is 9.47 Å². The Balaban J connectivity index is 1.24. The summed E-state index contributed by atoms with van der Waals surface area (Å²) in [6.45, 7) is 2.54. The zero-order valence-corrected chi connectivity index (χ0v) is 21.4. The number of carboxylic acids is 1. The zero-order chi connectivity index (χ0) is 27.4. The molecule has 0 radical (unpaired) electrons. The van der Waals surface area contributed by atoms with Gasteiger partial charge in [-0.1, -0.05) is 23.4 Å². The van der Waals surface area contributed by atoms with Crippen LogP contribution in [0, 0.1) is 12.7 Å². The highest BCUT2D eigenvalue weighted by Crippen LogP contribution is 2.42. The average molecular weight is 539 g/mol. The summed E-state index contributed by atoms with van der Waals surface area (Å²) in [5.74, 6) is 0.998. The Hall–Kier alpha value is -4.99. The number of aliphatic carboxylic acids is 1. The van der Waals surface area contributed by atoms with E-state index in [1.807, 2.05) is 47.2 Å². The number of carbonyl (C=O) groups is 1. The molecule has 2 aliphatic heterocycles. The number of para-hydroxylation sites is 1. The van der Waals surface area contributed by atoms with E-state index in [-0.39, 0.29) is 24.1 Å². The van der Waals surface area contributed by atoms with Crippen molar-refractivity contribution in [2.24, 2.45) is 4.99 Å². The molecule has 2 atom stereocenters. The summed E-state index contributed by atoms with van der Waals surface area (Å²) in [7, 11) is 0. The molecule has 0 amide bonds. The number of aliphatic imine (C=N–C) groups is 1. The molecule has 0 spiro atoms. The molecule has 1 N–H and O–H groups in total. The van der Waals surface area contributed by atoms with Gasteiger partial charge in [-0.25, -0.2) is 9.37 Å². The van der Waals surface area contributed by atoms with Crippen molar-refractivity contribution >= 4 is 28.9 Å². The van der Waals surface area contributed by atoms with Crippen LogP contribution >= 0.6 is 0 Å². The highest BCUT2D eigenvalue weighted by molar-refractivity contribution is 5.85. The Bertz CT molecular complexity index is 1820. The fourth-order valence-electron chi connectivity index (χ4n) is 5.39. The first kappa shape index (κ1) is 24.1. The van der Waals surface area contributed by atoms with Crippen LogP contribution in [0.5, 0.6) is 11.5 Å². The first-order valence-electron chi connectivity index (χ1n) is 12.8. The second-order valence-electron chi connectivity index (χ2n) is 9.95. The van der Waals surface area contributed by atoms with E-state index in [0.717, 1.165) is 11.1 Å².